The molecule has 7 heteroatoms. The molecular weight excluding hydrogens is 420 g/mol. The van der Waals surface area contributed by atoms with Crippen molar-refractivity contribution < 1.29 is 23.8 Å². The second-order valence-corrected chi connectivity index (χ2v) is 8.21. The minimum absolute atomic E-state index is 0.350. The summed E-state index contributed by atoms with van der Waals surface area (Å²) in [6.07, 6.45) is 0. The fourth-order valence-electron chi connectivity index (χ4n) is 3.60. The zero-order valence-electron chi connectivity index (χ0n) is 19.7. The van der Waals surface area contributed by atoms with Gasteiger partial charge in [-0.05, 0) is 35.7 Å². The van der Waals surface area contributed by atoms with Gasteiger partial charge in [0.25, 0.3) is 11.8 Å². The molecule has 2 aromatic carbocycles. The molecule has 0 atom stereocenters. The van der Waals surface area contributed by atoms with E-state index in [4.69, 9.17) is 14.2 Å². The van der Waals surface area contributed by atoms with Crippen LogP contribution in [0.4, 0.5) is 5.69 Å². The van der Waals surface area contributed by atoms with Crippen molar-refractivity contribution in [2.75, 3.05) is 52.0 Å². The Morgan fingerprint density at radius 2 is 1.45 bits per heavy atom. The van der Waals surface area contributed by atoms with Crippen molar-refractivity contribution in [1.29, 1.82) is 0 Å². The molecule has 0 N–H and O–H groups in total. The molecule has 1 aliphatic heterocycles. The molecule has 0 saturated heterocycles. The Balaban J connectivity index is 1.98. The molecular formula is C26H32N2O5. The lowest BCUT2D eigenvalue weighted by atomic mass is 10.0. The molecule has 0 bridgehead atoms. The molecule has 0 aromatic heterocycles. The highest BCUT2D eigenvalue weighted by molar-refractivity contribution is 6.45. The number of rotatable bonds is 12. The van der Waals surface area contributed by atoms with Crippen LogP contribution < -0.4 is 9.64 Å². The van der Waals surface area contributed by atoms with Crippen LogP contribution >= 0.6 is 0 Å². The average Bonchev–Trinajstić information content (AvgIpc) is 3.08. The summed E-state index contributed by atoms with van der Waals surface area (Å²) in [5, 5.41) is 0. The van der Waals surface area contributed by atoms with Crippen molar-refractivity contribution in [3.8, 4) is 5.75 Å². The van der Waals surface area contributed by atoms with E-state index in [0.29, 0.717) is 67.1 Å². The first-order chi connectivity index (χ1) is 16.0. The topological polar surface area (TPSA) is 68.3 Å². The lowest BCUT2D eigenvalue weighted by molar-refractivity contribution is -0.120. The van der Waals surface area contributed by atoms with Crippen LogP contribution in [-0.4, -0.2) is 63.8 Å². The molecule has 7 nitrogen and oxygen atoms in total. The summed E-state index contributed by atoms with van der Waals surface area (Å²) < 4.78 is 16.2. The molecule has 0 saturated carbocycles. The first-order valence-electron chi connectivity index (χ1n) is 11.1. The zero-order valence-corrected chi connectivity index (χ0v) is 19.7. The number of methoxy groups -OCH3 is 2. The van der Waals surface area contributed by atoms with Crippen molar-refractivity contribution >= 4 is 23.1 Å². The summed E-state index contributed by atoms with van der Waals surface area (Å²) in [7, 11) is 3.22. The van der Waals surface area contributed by atoms with E-state index in [9.17, 15) is 9.59 Å². The Bertz CT molecular complexity index is 962. The number of imide groups is 1. The van der Waals surface area contributed by atoms with Crippen LogP contribution in [0.1, 0.15) is 19.4 Å². The predicted octanol–water partition coefficient (Wildman–Crippen LogP) is 3.60. The third kappa shape index (κ3) is 5.80. The lowest BCUT2D eigenvalue weighted by Crippen LogP contribution is -2.37. The number of hydrogen-bond donors (Lipinski definition) is 0. The Morgan fingerprint density at radius 1 is 0.848 bits per heavy atom. The number of anilines is 1. The van der Waals surface area contributed by atoms with E-state index in [-0.39, 0.29) is 11.8 Å². The highest BCUT2D eigenvalue weighted by atomic mass is 16.5. The number of benzene rings is 2. The van der Waals surface area contributed by atoms with E-state index in [2.05, 4.69) is 13.8 Å². The molecule has 0 spiro atoms. The Labute approximate surface area is 195 Å². The molecule has 176 valence electrons. The summed E-state index contributed by atoms with van der Waals surface area (Å²) in [6, 6.07) is 16.3. The van der Waals surface area contributed by atoms with Gasteiger partial charge in [-0.15, -0.1) is 0 Å². The van der Waals surface area contributed by atoms with Crippen LogP contribution in [0.15, 0.2) is 60.3 Å². The second kappa shape index (κ2) is 11.6. The minimum Gasteiger partial charge on any atom is -0.493 e. The van der Waals surface area contributed by atoms with Crippen molar-refractivity contribution in [2.45, 2.75) is 13.8 Å². The number of amides is 2. The predicted molar refractivity (Wildman–Crippen MR) is 128 cm³/mol. The fourth-order valence-corrected chi connectivity index (χ4v) is 3.60. The number of nitrogens with zero attached hydrogens (tertiary/aromatic N) is 2. The molecule has 2 amide bonds. The third-order valence-electron chi connectivity index (χ3n) is 5.25. The van der Waals surface area contributed by atoms with Gasteiger partial charge in [0.15, 0.2) is 0 Å². The molecule has 2 aromatic rings. The van der Waals surface area contributed by atoms with Crippen molar-refractivity contribution in [3.63, 3.8) is 0 Å². The van der Waals surface area contributed by atoms with Crippen LogP contribution in [0.25, 0.3) is 5.57 Å². The van der Waals surface area contributed by atoms with Gasteiger partial charge in [-0.3, -0.25) is 9.59 Å². The summed E-state index contributed by atoms with van der Waals surface area (Å²) in [6.45, 7) is 6.50. The van der Waals surface area contributed by atoms with Crippen molar-refractivity contribution in [2.24, 2.45) is 5.92 Å². The standard InChI is InChI=1S/C26H32N2O5/c1-19(2)18-33-22-12-10-21(11-13-22)28-25(29)23(20-8-6-5-7-9-20)24(26(28)30)27(14-16-31-3)15-17-32-4/h5-13,19H,14-18H2,1-4H3. The van der Waals surface area contributed by atoms with Crippen molar-refractivity contribution in [3.05, 3.63) is 65.9 Å². The zero-order chi connectivity index (χ0) is 23.8. The van der Waals surface area contributed by atoms with Gasteiger partial charge in [-0.25, -0.2) is 4.90 Å². The monoisotopic (exact) mass is 452 g/mol. The Morgan fingerprint density at radius 3 is 2.00 bits per heavy atom. The van der Waals surface area contributed by atoms with Crippen LogP contribution in [0.2, 0.25) is 0 Å². The molecule has 3 rings (SSSR count). The first kappa shape index (κ1) is 24.5. The van der Waals surface area contributed by atoms with Gasteiger partial charge in [-0.2, -0.15) is 0 Å². The fraction of sp³-hybridized carbons (Fsp3) is 0.385. The summed E-state index contributed by atoms with van der Waals surface area (Å²) in [4.78, 5) is 30.4. The van der Waals surface area contributed by atoms with Crippen LogP contribution in [0, 0.1) is 5.92 Å². The Hall–Kier alpha value is -3.16. The highest BCUT2D eigenvalue weighted by Gasteiger charge is 2.42. The molecule has 0 aliphatic carbocycles. The van der Waals surface area contributed by atoms with E-state index in [1.807, 2.05) is 35.2 Å². The van der Waals surface area contributed by atoms with Crippen LogP contribution in [0.3, 0.4) is 0 Å². The van der Waals surface area contributed by atoms with Gasteiger partial charge >= 0.3 is 0 Å². The molecule has 33 heavy (non-hydrogen) atoms. The van der Waals surface area contributed by atoms with E-state index in [0.717, 1.165) is 0 Å². The molecule has 0 radical (unpaired) electrons. The van der Waals surface area contributed by atoms with Crippen molar-refractivity contribution in [1.82, 2.24) is 4.90 Å². The van der Waals surface area contributed by atoms with Gasteiger partial charge in [0.05, 0.1) is 31.1 Å². The van der Waals surface area contributed by atoms with Gasteiger partial charge in [0, 0.05) is 27.3 Å². The van der Waals surface area contributed by atoms with Gasteiger partial charge in [0.1, 0.15) is 11.4 Å². The van der Waals surface area contributed by atoms with Crippen LogP contribution in [0.5, 0.6) is 5.75 Å². The number of carbonyl (C=O) groups excluding carboxylic acids is 2. The third-order valence-corrected chi connectivity index (χ3v) is 5.25. The maximum absolute atomic E-state index is 13.7. The van der Waals surface area contributed by atoms with E-state index >= 15 is 0 Å². The van der Waals surface area contributed by atoms with Gasteiger partial charge in [-0.1, -0.05) is 44.2 Å². The van der Waals surface area contributed by atoms with Gasteiger partial charge < -0.3 is 19.1 Å². The summed E-state index contributed by atoms with van der Waals surface area (Å²) in [5.74, 6) is 0.389. The summed E-state index contributed by atoms with van der Waals surface area (Å²) in [5.41, 5.74) is 1.95. The number of hydrogen-bond acceptors (Lipinski definition) is 6. The lowest BCUT2D eigenvalue weighted by Gasteiger charge is -2.25. The molecule has 1 heterocycles. The molecule has 0 unspecified atom stereocenters. The normalized spacial score (nSPS) is 13.9. The Kier molecular flexibility index (Phi) is 8.63. The largest absolute Gasteiger partial charge is 0.493 e. The maximum Gasteiger partial charge on any atom is 0.282 e. The highest BCUT2D eigenvalue weighted by Crippen LogP contribution is 2.35. The second-order valence-electron chi connectivity index (χ2n) is 8.21. The van der Waals surface area contributed by atoms with Gasteiger partial charge in [0.2, 0.25) is 0 Å². The average molecular weight is 453 g/mol. The number of carbonyl (C=O) groups is 2. The molecule has 0 fully saturated rings. The SMILES string of the molecule is COCCN(CCOC)C1=C(c2ccccc2)C(=O)N(c2ccc(OCC(C)C)cc2)C1=O. The molecule has 1 aliphatic rings. The van der Waals surface area contributed by atoms with E-state index in [1.165, 1.54) is 4.90 Å². The summed E-state index contributed by atoms with van der Waals surface area (Å²) >= 11 is 0. The first-order valence-corrected chi connectivity index (χ1v) is 11.1. The van der Waals surface area contributed by atoms with Crippen LogP contribution in [-0.2, 0) is 19.1 Å². The van der Waals surface area contributed by atoms with E-state index in [1.54, 1.807) is 38.5 Å². The quantitative estimate of drug-likeness (QED) is 0.459. The minimum atomic E-state index is -0.359. The maximum atomic E-state index is 13.7. The smallest absolute Gasteiger partial charge is 0.282 e. The van der Waals surface area contributed by atoms with E-state index < -0.39 is 0 Å². The number of ether oxygens (including phenoxy) is 3.